The van der Waals surface area contributed by atoms with Crippen LogP contribution in [0.25, 0.3) is 5.69 Å². The Labute approximate surface area is 265 Å². The second kappa shape index (κ2) is 14.3. The summed E-state index contributed by atoms with van der Waals surface area (Å²) in [6, 6.07) is 22.8. The van der Waals surface area contributed by atoms with E-state index >= 15 is 0 Å². The van der Waals surface area contributed by atoms with Crippen molar-refractivity contribution in [2.75, 3.05) is 32.5 Å². The third-order valence-corrected chi connectivity index (χ3v) is 9.16. The van der Waals surface area contributed by atoms with Gasteiger partial charge in [-0.15, -0.1) is 10.2 Å². The van der Waals surface area contributed by atoms with E-state index in [1.165, 1.54) is 0 Å². The SMILES string of the molecule is COc1ccc(-n2c(Cc3ccccc3)nnc2SCCCC(=O)N2CCN(C(=O)c3ccc(Cl)c(Cl)c3)C(C)C2)cc1. The summed E-state index contributed by atoms with van der Waals surface area (Å²) in [5.74, 6) is 2.33. The molecule has 43 heavy (non-hydrogen) atoms. The minimum Gasteiger partial charge on any atom is -0.497 e. The van der Waals surface area contributed by atoms with Gasteiger partial charge in [-0.25, -0.2) is 0 Å². The summed E-state index contributed by atoms with van der Waals surface area (Å²) in [5.41, 5.74) is 2.60. The average Bonchev–Trinajstić information content (AvgIpc) is 3.42. The quantitative estimate of drug-likeness (QED) is 0.147. The van der Waals surface area contributed by atoms with Crippen LogP contribution in [0.2, 0.25) is 10.0 Å². The van der Waals surface area contributed by atoms with E-state index in [2.05, 4.69) is 26.9 Å². The van der Waals surface area contributed by atoms with Crippen LogP contribution in [-0.2, 0) is 11.2 Å². The molecule has 2 heterocycles. The Morgan fingerprint density at radius 2 is 1.74 bits per heavy atom. The molecular weight excluding hydrogens is 605 g/mol. The number of halogens is 2. The lowest BCUT2D eigenvalue weighted by molar-refractivity contribution is -0.133. The number of benzene rings is 3. The van der Waals surface area contributed by atoms with Crippen molar-refractivity contribution in [1.29, 1.82) is 0 Å². The van der Waals surface area contributed by atoms with Crippen LogP contribution in [0.15, 0.2) is 78.0 Å². The van der Waals surface area contributed by atoms with Crippen molar-refractivity contribution in [2.45, 2.75) is 37.4 Å². The molecule has 1 aliphatic rings. The van der Waals surface area contributed by atoms with Gasteiger partial charge in [-0.1, -0.05) is 65.3 Å². The van der Waals surface area contributed by atoms with Crippen molar-refractivity contribution in [2.24, 2.45) is 0 Å². The Kier molecular flexibility index (Phi) is 10.3. The van der Waals surface area contributed by atoms with Crippen molar-refractivity contribution < 1.29 is 14.3 Å². The predicted molar refractivity (Wildman–Crippen MR) is 171 cm³/mol. The molecular formula is C32H33Cl2N5O3S. The molecule has 0 aliphatic carbocycles. The molecule has 1 fully saturated rings. The van der Waals surface area contributed by atoms with Crippen LogP contribution >= 0.6 is 35.0 Å². The molecule has 3 aromatic carbocycles. The van der Waals surface area contributed by atoms with Gasteiger partial charge >= 0.3 is 0 Å². The second-order valence-electron chi connectivity index (χ2n) is 10.4. The number of aromatic nitrogens is 3. The zero-order chi connectivity index (χ0) is 30.3. The molecule has 2 amide bonds. The fraction of sp³-hybridized carbons (Fsp3) is 0.312. The Balaban J connectivity index is 1.17. The van der Waals surface area contributed by atoms with Crippen molar-refractivity contribution >= 4 is 46.8 Å². The normalized spacial score (nSPS) is 15.0. The first-order valence-electron chi connectivity index (χ1n) is 14.1. The van der Waals surface area contributed by atoms with Gasteiger partial charge in [0.05, 0.1) is 17.2 Å². The van der Waals surface area contributed by atoms with Crippen LogP contribution < -0.4 is 4.74 Å². The topological polar surface area (TPSA) is 80.6 Å². The van der Waals surface area contributed by atoms with E-state index in [9.17, 15) is 9.59 Å². The van der Waals surface area contributed by atoms with Gasteiger partial charge in [-0.2, -0.15) is 0 Å². The summed E-state index contributed by atoms with van der Waals surface area (Å²) < 4.78 is 7.41. The number of hydrogen-bond donors (Lipinski definition) is 0. The number of ether oxygens (including phenoxy) is 1. The standard InChI is InChI=1S/C32H33Cl2N5O3S/c1-22-21-37(16-17-38(22)31(41)24-10-15-27(33)28(34)20-24)30(40)9-6-18-43-32-36-35-29(19-23-7-4-3-5-8-23)39(32)25-11-13-26(42-2)14-12-25/h3-5,7-8,10-15,20,22H,6,9,16-19,21H2,1-2H3. The number of amides is 2. The number of nitrogens with zero attached hydrogens (tertiary/aromatic N) is 5. The molecule has 0 saturated carbocycles. The van der Waals surface area contributed by atoms with Crippen LogP contribution in [0, 0.1) is 0 Å². The molecule has 0 radical (unpaired) electrons. The second-order valence-corrected chi connectivity index (χ2v) is 12.2. The highest BCUT2D eigenvalue weighted by Gasteiger charge is 2.30. The molecule has 0 spiro atoms. The van der Waals surface area contributed by atoms with E-state index in [0.717, 1.165) is 33.7 Å². The Morgan fingerprint density at radius 1 is 0.977 bits per heavy atom. The van der Waals surface area contributed by atoms with Gasteiger partial charge in [0.25, 0.3) is 5.91 Å². The van der Waals surface area contributed by atoms with Crippen molar-refractivity contribution in [3.05, 3.63) is 99.8 Å². The molecule has 1 aromatic heterocycles. The van der Waals surface area contributed by atoms with Crippen LogP contribution in [0.4, 0.5) is 0 Å². The van der Waals surface area contributed by atoms with Crippen molar-refractivity contribution in [3.8, 4) is 11.4 Å². The van der Waals surface area contributed by atoms with Gasteiger partial charge in [-0.05, 0) is 61.4 Å². The molecule has 224 valence electrons. The monoisotopic (exact) mass is 637 g/mol. The zero-order valence-corrected chi connectivity index (χ0v) is 26.4. The number of thioether (sulfide) groups is 1. The lowest BCUT2D eigenvalue weighted by Crippen LogP contribution is -2.55. The molecule has 1 unspecified atom stereocenters. The average molecular weight is 639 g/mol. The first-order valence-corrected chi connectivity index (χ1v) is 15.9. The van der Waals surface area contributed by atoms with E-state index in [0.29, 0.717) is 54.5 Å². The highest BCUT2D eigenvalue weighted by Crippen LogP contribution is 2.27. The van der Waals surface area contributed by atoms with Crippen molar-refractivity contribution in [3.63, 3.8) is 0 Å². The summed E-state index contributed by atoms with van der Waals surface area (Å²) in [7, 11) is 1.65. The fourth-order valence-corrected chi connectivity index (χ4v) is 6.31. The number of carbonyl (C=O) groups is 2. The van der Waals surface area contributed by atoms with Gasteiger partial charge in [0, 0.05) is 55.5 Å². The molecule has 1 saturated heterocycles. The number of methoxy groups -OCH3 is 1. The van der Waals surface area contributed by atoms with Crippen LogP contribution in [-0.4, -0.2) is 74.9 Å². The van der Waals surface area contributed by atoms with Crippen molar-refractivity contribution in [1.82, 2.24) is 24.6 Å². The number of hydrogen-bond acceptors (Lipinski definition) is 6. The lowest BCUT2D eigenvalue weighted by atomic mass is 10.1. The van der Waals surface area contributed by atoms with Gasteiger partial charge in [0.2, 0.25) is 5.91 Å². The van der Waals surface area contributed by atoms with Gasteiger partial charge in [0.1, 0.15) is 11.6 Å². The smallest absolute Gasteiger partial charge is 0.254 e. The molecule has 0 bridgehead atoms. The molecule has 1 aliphatic heterocycles. The third-order valence-electron chi connectivity index (χ3n) is 7.41. The molecule has 1 atom stereocenters. The highest BCUT2D eigenvalue weighted by atomic mass is 35.5. The molecule has 4 aromatic rings. The van der Waals surface area contributed by atoms with E-state index in [1.807, 2.05) is 54.3 Å². The first-order chi connectivity index (χ1) is 20.8. The minimum absolute atomic E-state index is 0.0930. The number of rotatable bonds is 10. The largest absolute Gasteiger partial charge is 0.497 e. The lowest BCUT2D eigenvalue weighted by Gasteiger charge is -2.40. The summed E-state index contributed by atoms with van der Waals surface area (Å²) in [6.07, 6.45) is 1.77. The van der Waals surface area contributed by atoms with Crippen LogP contribution in [0.1, 0.15) is 41.5 Å². The van der Waals surface area contributed by atoms with Crippen LogP contribution in [0.3, 0.4) is 0 Å². The van der Waals surface area contributed by atoms with Gasteiger partial charge < -0.3 is 14.5 Å². The number of carbonyl (C=O) groups excluding carboxylic acids is 2. The van der Waals surface area contributed by atoms with E-state index in [4.69, 9.17) is 27.9 Å². The maximum Gasteiger partial charge on any atom is 0.254 e. The predicted octanol–water partition coefficient (Wildman–Crippen LogP) is 6.42. The molecule has 5 rings (SSSR count). The number of piperazine rings is 1. The van der Waals surface area contributed by atoms with E-state index < -0.39 is 0 Å². The Bertz CT molecular complexity index is 1570. The Hall–Kier alpha value is -3.53. The van der Waals surface area contributed by atoms with E-state index in [-0.39, 0.29) is 17.9 Å². The molecule has 0 N–H and O–H groups in total. The summed E-state index contributed by atoms with van der Waals surface area (Å²) in [4.78, 5) is 29.8. The van der Waals surface area contributed by atoms with Crippen LogP contribution in [0.5, 0.6) is 5.75 Å². The fourth-order valence-electron chi connectivity index (χ4n) is 5.10. The third kappa shape index (κ3) is 7.52. The molecule has 8 nitrogen and oxygen atoms in total. The summed E-state index contributed by atoms with van der Waals surface area (Å²) in [5, 5.41) is 10.6. The first kappa shape index (κ1) is 30.9. The maximum absolute atomic E-state index is 13.1. The zero-order valence-electron chi connectivity index (χ0n) is 24.1. The highest BCUT2D eigenvalue weighted by molar-refractivity contribution is 7.99. The van der Waals surface area contributed by atoms with Gasteiger partial charge in [-0.3, -0.25) is 14.2 Å². The summed E-state index contributed by atoms with van der Waals surface area (Å²) >= 11 is 13.7. The maximum atomic E-state index is 13.1. The summed E-state index contributed by atoms with van der Waals surface area (Å²) in [6.45, 7) is 3.42. The van der Waals surface area contributed by atoms with Gasteiger partial charge in [0.15, 0.2) is 5.16 Å². The Morgan fingerprint density at radius 3 is 2.44 bits per heavy atom. The van der Waals surface area contributed by atoms with E-state index in [1.54, 1.807) is 42.0 Å². The molecule has 11 heteroatoms. The minimum atomic E-state index is -0.111.